The van der Waals surface area contributed by atoms with Crippen molar-refractivity contribution in [3.05, 3.63) is 11.8 Å². The third-order valence-electron chi connectivity index (χ3n) is 2.43. The zero-order chi connectivity index (χ0) is 16.8. The van der Waals surface area contributed by atoms with Crippen molar-refractivity contribution in [3.63, 3.8) is 0 Å². The summed E-state index contributed by atoms with van der Waals surface area (Å²) < 4.78 is 4.82. The number of nitrogens with one attached hydrogen (secondary N) is 1. The number of amides is 2. The zero-order valence-electron chi connectivity index (χ0n) is 12.1. The molecule has 1 saturated heterocycles. The Morgan fingerprint density at radius 1 is 1.57 bits per heavy atom. The molecule has 1 aliphatic rings. The number of thioether (sulfide) groups is 2. The normalized spacial score (nSPS) is 15.5. The van der Waals surface area contributed by atoms with Crippen LogP contribution in [0.1, 0.15) is 17.3 Å². The minimum absolute atomic E-state index is 0.0154. The summed E-state index contributed by atoms with van der Waals surface area (Å²) in [5.74, 6) is -0.987. The van der Waals surface area contributed by atoms with Crippen LogP contribution >= 0.6 is 23.5 Å². The highest BCUT2D eigenvalue weighted by Crippen LogP contribution is 2.18. The van der Waals surface area contributed by atoms with E-state index in [4.69, 9.17) is 10.5 Å². The van der Waals surface area contributed by atoms with Crippen molar-refractivity contribution in [3.8, 4) is 0 Å². The maximum atomic E-state index is 11.7. The third kappa shape index (κ3) is 4.93. The van der Waals surface area contributed by atoms with Crippen LogP contribution in [0.2, 0.25) is 0 Å². The van der Waals surface area contributed by atoms with E-state index in [-0.39, 0.29) is 40.6 Å². The van der Waals surface area contributed by atoms with Gasteiger partial charge in [-0.1, -0.05) is 23.5 Å². The Hall–Kier alpha value is -2.14. The molecule has 0 saturated carbocycles. The molecule has 1 aromatic rings. The average Bonchev–Trinajstić information content (AvgIpc) is 2.90. The molecule has 11 heteroatoms. The van der Waals surface area contributed by atoms with Crippen molar-refractivity contribution in [2.75, 3.05) is 23.8 Å². The number of nitrogens with zero attached hydrogens (tertiary/aromatic N) is 3. The van der Waals surface area contributed by atoms with Crippen LogP contribution < -0.4 is 11.1 Å². The van der Waals surface area contributed by atoms with E-state index in [1.807, 2.05) is 0 Å². The molecule has 0 bridgehead atoms. The molecule has 0 atom stereocenters. The van der Waals surface area contributed by atoms with Gasteiger partial charge in [0.15, 0.2) is 10.3 Å². The average molecular weight is 355 g/mol. The summed E-state index contributed by atoms with van der Waals surface area (Å²) >= 11 is 2.20. The fraction of sp³-hybridized carbons (Fsp3) is 0.333. The zero-order valence-corrected chi connectivity index (χ0v) is 13.7. The Balaban J connectivity index is 1.93. The van der Waals surface area contributed by atoms with Crippen LogP contribution in [0.5, 0.6) is 0 Å². The van der Waals surface area contributed by atoms with Gasteiger partial charge in [0.1, 0.15) is 11.4 Å². The Kier molecular flexibility index (Phi) is 5.93. The van der Waals surface area contributed by atoms with E-state index in [1.165, 1.54) is 18.0 Å². The topological polar surface area (TPSA) is 137 Å². The first kappa shape index (κ1) is 17.2. The second-order valence-electron chi connectivity index (χ2n) is 4.11. The smallest absolute Gasteiger partial charge is 0.343 e. The molecule has 2 rings (SSSR count). The highest BCUT2D eigenvalue weighted by Gasteiger charge is 2.18. The van der Waals surface area contributed by atoms with Gasteiger partial charge >= 0.3 is 5.97 Å². The van der Waals surface area contributed by atoms with E-state index in [9.17, 15) is 14.4 Å². The number of aliphatic imine (C=N–C) groups is 1. The predicted molar refractivity (Wildman–Crippen MR) is 86.2 cm³/mol. The maximum absolute atomic E-state index is 11.7. The summed E-state index contributed by atoms with van der Waals surface area (Å²) in [6.45, 7) is 1.90. The van der Waals surface area contributed by atoms with Crippen LogP contribution in [0.3, 0.4) is 0 Å². The van der Waals surface area contributed by atoms with Crippen LogP contribution in [-0.2, 0) is 14.3 Å². The SMILES string of the molecule is CCOC(=O)c1cnc(SCC(=O)N=C2NC(=O)CS2)nc1N. The quantitative estimate of drug-likeness (QED) is 0.427. The van der Waals surface area contributed by atoms with Crippen molar-refractivity contribution in [2.24, 2.45) is 4.99 Å². The molecule has 2 amide bonds. The number of carbonyl (C=O) groups excluding carboxylic acids is 3. The van der Waals surface area contributed by atoms with E-state index >= 15 is 0 Å². The number of anilines is 1. The maximum Gasteiger partial charge on any atom is 0.343 e. The molecule has 0 spiro atoms. The third-order valence-corrected chi connectivity index (χ3v) is 4.15. The van der Waals surface area contributed by atoms with Gasteiger partial charge in [-0.3, -0.25) is 9.59 Å². The van der Waals surface area contributed by atoms with Gasteiger partial charge in [-0.25, -0.2) is 14.8 Å². The standard InChI is InChI=1S/C12H13N5O4S2/c1-2-21-10(20)6-3-14-11(17-9(6)13)22-4-7(18)15-12-16-8(19)5-23-12/h3H,2,4-5H2,1H3,(H2,13,14,17)(H,15,16,18,19). The summed E-state index contributed by atoms with van der Waals surface area (Å²) in [4.78, 5) is 45.9. The van der Waals surface area contributed by atoms with Gasteiger partial charge in [0, 0.05) is 6.20 Å². The molecule has 1 fully saturated rings. The minimum Gasteiger partial charge on any atom is -0.462 e. The van der Waals surface area contributed by atoms with E-state index in [1.54, 1.807) is 6.92 Å². The Bertz CT molecular complexity index is 679. The Morgan fingerprint density at radius 3 is 2.96 bits per heavy atom. The molecule has 9 nitrogen and oxygen atoms in total. The van der Waals surface area contributed by atoms with Crippen LogP contribution in [0, 0.1) is 0 Å². The summed E-state index contributed by atoms with van der Waals surface area (Å²) in [6, 6.07) is 0. The molecule has 1 aromatic heterocycles. The minimum atomic E-state index is -0.599. The van der Waals surface area contributed by atoms with E-state index in [0.717, 1.165) is 11.8 Å². The van der Waals surface area contributed by atoms with E-state index < -0.39 is 11.9 Å². The molecular formula is C12H13N5O4S2. The molecule has 0 aromatic carbocycles. The second kappa shape index (κ2) is 7.92. The molecule has 3 N–H and O–H groups in total. The first-order chi connectivity index (χ1) is 11.0. The van der Waals surface area contributed by atoms with E-state index in [2.05, 4.69) is 20.3 Å². The van der Waals surface area contributed by atoms with Gasteiger partial charge in [-0.05, 0) is 6.92 Å². The molecule has 2 heterocycles. The van der Waals surface area contributed by atoms with Gasteiger partial charge in [0.2, 0.25) is 5.91 Å². The number of aromatic nitrogens is 2. The van der Waals surface area contributed by atoms with Crippen molar-refractivity contribution >= 4 is 52.3 Å². The summed E-state index contributed by atoms with van der Waals surface area (Å²) in [7, 11) is 0. The number of hydrogen-bond donors (Lipinski definition) is 2. The van der Waals surface area contributed by atoms with Crippen LogP contribution in [0.25, 0.3) is 0 Å². The van der Waals surface area contributed by atoms with Gasteiger partial charge < -0.3 is 15.8 Å². The highest BCUT2D eigenvalue weighted by molar-refractivity contribution is 8.15. The van der Waals surface area contributed by atoms with Crippen molar-refractivity contribution in [2.45, 2.75) is 12.1 Å². The molecule has 0 radical (unpaired) electrons. The van der Waals surface area contributed by atoms with Crippen LogP contribution in [0.15, 0.2) is 16.3 Å². The first-order valence-corrected chi connectivity index (χ1v) is 8.43. The number of nitrogen functional groups attached to an aromatic ring is 1. The van der Waals surface area contributed by atoms with Crippen molar-refractivity contribution in [1.29, 1.82) is 0 Å². The van der Waals surface area contributed by atoms with Gasteiger partial charge in [0.25, 0.3) is 5.91 Å². The number of nitrogens with two attached hydrogens (primary N) is 1. The fourth-order valence-electron chi connectivity index (χ4n) is 1.47. The Morgan fingerprint density at radius 2 is 2.35 bits per heavy atom. The lowest BCUT2D eigenvalue weighted by atomic mass is 10.3. The summed E-state index contributed by atoms with van der Waals surface area (Å²) in [6.07, 6.45) is 1.26. The number of ether oxygens (including phenoxy) is 1. The molecule has 1 aliphatic heterocycles. The molecule has 0 unspecified atom stereocenters. The van der Waals surface area contributed by atoms with Gasteiger partial charge in [0.05, 0.1) is 18.1 Å². The molecule has 23 heavy (non-hydrogen) atoms. The lowest BCUT2D eigenvalue weighted by molar-refractivity contribution is -0.116. The second-order valence-corrected chi connectivity index (χ2v) is 6.01. The number of carbonyl (C=O) groups is 3. The fourth-order valence-corrected chi connectivity index (χ4v) is 2.77. The van der Waals surface area contributed by atoms with E-state index in [0.29, 0.717) is 5.17 Å². The molecule has 122 valence electrons. The molecular weight excluding hydrogens is 342 g/mol. The monoisotopic (exact) mass is 355 g/mol. The predicted octanol–water partition coefficient (Wildman–Crippen LogP) is 0.0732. The number of rotatable bonds is 5. The van der Waals surface area contributed by atoms with Gasteiger partial charge in [-0.15, -0.1) is 0 Å². The highest BCUT2D eigenvalue weighted by atomic mass is 32.2. The van der Waals surface area contributed by atoms with Crippen LogP contribution in [0.4, 0.5) is 5.82 Å². The summed E-state index contributed by atoms with van der Waals surface area (Å²) in [5, 5.41) is 3.00. The lowest BCUT2D eigenvalue weighted by Gasteiger charge is -2.05. The lowest BCUT2D eigenvalue weighted by Crippen LogP contribution is -2.21. The van der Waals surface area contributed by atoms with Crippen LogP contribution in [-0.4, -0.2) is 51.0 Å². The number of hydrogen-bond acceptors (Lipinski definition) is 9. The first-order valence-electron chi connectivity index (χ1n) is 6.46. The van der Waals surface area contributed by atoms with Crippen molar-refractivity contribution < 1.29 is 19.1 Å². The number of esters is 1. The Labute approximate surface area is 139 Å². The summed E-state index contributed by atoms with van der Waals surface area (Å²) in [5.41, 5.74) is 5.75. The number of amidine groups is 1. The largest absolute Gasteiger partial charge is 0.462 e. The van der Waals surface area contributed by atoms with Gasteiger partial charge in [-0.2, -0.15) is 4.99 Å². The van der Waals surface area contributed by atoms with Crippen molar-refractivity contribution in [1.82, 2.24) is 15.3 Å². The molecule has 0 aliphatic carbocycles.